The quantitative estimate of drug-likeness (QED) is 0.456. The Morgan fingerprint density at radius 2 is 1.45 bits per heavy atom. The van der Waals surface area contributed by atoms with Gasteiger partial charge < -0.3 is 10.0 Å². The number of nitrogens with zero attached hydrogens (tertiary/aromatic N) is 2. The SMILES string of the molecule is CCCCCCCCCCC(O)CN1CCN(c2cccc3ccccc23)CC1. The first kappa shape index (κ1) is 22.1. The lowest BCUT2D eigenvalue weighted by Crippen LogP contribution is -2.48. The van der Waals surface area contributed by atoms with Crippen LogP contribution < -0.4 is 4.90 Å². The van der Waals surface area contributed by atoms with Crippen LogP contribution in [0.25, 0.3) is 10.8 Å². The largest absolute Gasteiger partial charge is 0.392 e. The summed E-state index contributed by atoms with van der Waals surface area (Å²) >= 11 is 0. The molecule has 2 aromatic rings. The minimum absolute atomic E-state index is 0.167. The molecule has 1 heterocycles. The van der Waals surface area contributed by atoms with Crippen molar-refractivity contribution >= 4 is 16.5 Å². The Hall–Kier alpha value is -1.58. The Kier molecular flexibility index (Phi) is 9.30. The number of fused-ring (bicyclic) bond motifs is 1. The molecule has 0 saturated carbocycles. The number of β-amino-alcohol motifs (C(OH)–C–C–N with tert-alkyl or cyclic N) is 1. The van der Waals surface area contributed by atoms with Gasteiger partial charge in [-0.1, -0.05) is 94.7 Å². The molecular weight excluding hydrogens is 356 g/mol. The molecule has 29 heavy (non-hydrogen) atoms. The number of rotatable bonds is 12. The van der Waals surface area contributed by atoms with E-state index in [2.05, 4.69) is 59.2 Å². The maximum absolute atomic E-state index is 10.4. The van der Waals surface area contributed by atoms with Crippen molar-refractivity contribution in [1.82, 2.24) is 4.90 Å². The Bertz CT molecular complexity index is 703. The molecule has 3 heteroatoms. The van der Waals surface area contributed by atoms with Gasteiger partial charge in [0.25, 0.3) is 0 Å². The first-order valence-corrected chi connectivity index (χ1v) is 11.9. The van der Waals surface area contributed by atoms with Crippen LogP contribution in [-0.2, 0) is 0 Å². The number of aliphatic hydroxyl groups excluding tert-OH is 1. The Labute approximate surface area is 177 Å². The highest BCUT2D eigenvalue weighted by Crippen LogP contribution is 2.27. The summed E-state index contributed by atoms with van der Waals surface area (Å²) in [7, 11) is 0. The van der Waals surface area contributed by atoms with Crippen LogP contribution in [0.2, 0.25) is 0 Å². The topological polar surface area (TPSA) is 26.7 Å². The number of hydrogen-bond acceptors (Lipinski definition) is 3. The summed E-state index contributed by atoms with van der Waals surface area (Å²) in [5, 5.41) is 13.1. The minimum Gasteiger partial charge on any atom is -0.392 e. The van der Waals surface area contributed by atoms with E-state index in [0.717, 1.165) is 39.1 Å². The van der Waals surface area contributed by atoms with Crippen molar-refractivity contribution in [3.8, 4) is 0 Å². The third-order valence-corrected chi connectivity index (χ3v) is 6.34. The van der Waals surface area contributed by atoms with Crippen LogP contribution in [0.3, 0.4) is 0 Å². The van der Waals surface area contributed by atoms with E-state index in [1.807, 2.05) is 0 Å². The van der Waals surface area contributed by atoms with E-state index in [9.17, 15) is 5.11 Å². The second kappa shape index (κ2) is 12.2. The van der Waals surface area contributed by atoms with E-state index in [0.29, 0.717) is 0 Å². The van der Waals surface area contributed by atoms with Crippen LogP contribution in [0.4, 0.5) is 5.69 Å². The first-order chi connectivity index (χ1) is 14.3. The molecule has 0 aliphatic carbocycles. The van der Waals surface area contributed by atoms with E-state index in [1.165, 1.54) is 67.8 Å². The Morgan fingerprint density at radius 1 is 0.793 bits per heavy atom. The molecule has 1 saturated heterocycles. The third-order valence-electron chi connectivity index (χ3n) is 6.34. The van der Waals surface area contributed by atoms with Crippen LogP contribution in [0.5, 0.6) is 0 Å². The monoisotopic (exact) mass is 396 g/mol. The van der Waals surface area contributed by atoms with Gasteiger partial charge in [-0.25, -0.2) is 0 Å². The second-order valence-electron chi connectivity index (χ2n) is 8.70. The molecule has 160 valence electrons. The van der Waals surface area contributed by atoms with Crippen LogP contribution in [0, 0.1) is 0 Å². The maximum atomic E-state index is 10.4. The molecule has 1 N–H and O–H groups in total. The van der Waals surface area contributed by atoms with Crippen molar-refractivity contribution in [2.75, 3.05) is 37.6 Å². The number of anilines is 1. The van der Waals surface area contributed by atoms with Gasteiger partial charge in [0, 0.05) is 43.8 Å². The van der Waals surface area contributed by atoms with Gasteiger partial charge in [0.2, 0.25) is 0 Å². The summed E-state index contributed by atoms with van der Waals surface area (Å²) in [4.78, 5) is 4.95. The minimum atomic E-state index is -0.167. The molecule has 3 rings (SSSR count). The summed E-state index contributed by atoms with van der Waals surface area (Å²) in [5.74, 6) is 0. The van der Waals surface area contributed by atoms with E-state index < -0.39 is 0 Å². The Morgan fingerprint density at radius 3 is 2.21 bits per heavy atom. The molecule has 0 amide bonds. The average Bonchev–Trinajstić information content (AvgIpc) is 2.76. The fourth-order valence-electron chi connectivity index (χ4n) is 4.56. The van der Waals surface area contributed by atoms with Crippen LogP contribution in [-0.4, -0.2) is 48.8 Å². The van der Waals surface area contributed by atoms with Gasteiger partial charge in [0.1, 0.15) is 0 Å². The van der Waals surface area contributed by atoms with E-state index in [4.69, 9.17) is 0 Å². The molecule has 1 atom stereocenters. The van der Waals surface area contributed by atoms with Crippen LogP contribution in [0.15, 0.2) is 42.5 Å². The third kappa shape index (κ3) is 7.01. The lowest BCUT2D eigenvalue weighted by Gasteiger charge is -2.37. The lowest BCUT2D eigenvalue weighted by atomic mass is 10.1. The smallest absolute Gasteiger partial charge is 0.0667 e. The van der Waals surface area contributed by atoms with Gasteiger partial charge in [-0.15, -0.1) is 0 Å². The van der Waals surface area contributed by atoms with Gasteiger partial charge in [0.15, 0.2) is 0 Å². The summed E-state index contributed by atoms with van der Waals surface area (Å²) < 4.78 is 0. The van der Waals surface area contributed by atoms with E-state index in [1.54, 1.807) is 0 Å². The number of unbranched alkanes of at least 4 members (excludes halogenated alkanes) is 7. The van der Waals surface area contributed by atoms with Crippen molar-refractivity contribution in [2.24, 2.45) is 0 Å². The molecule has 1 aliphatic heterocycles. The zero-order valence-corrected chi connectivity index (χ0v) is 18.4. The zero-order valence-electron chi connectivity index (χ0n) is 18.4. The van der Waals surface area contributed by atoms with Gasteiger partial charge >= 0.3 is 0 Å². The highest BCUT2D eigenvalue weighted by atomic mass is 16.3. The number of aliphatic hydroxyl groups is 1. The number of hydrogen-bond donors (Lipinski definition) is 1. The molecular formula is C26H40N2O. The standard InChI is InChI=1S/C26H40N2O/c1-2-3-4-5-6-7-8-9-15-24(29)22-27-18-20-28(21-19-27)26-17-12-14-23-13-10-11-16-25(23)26/h10-14,16-17,24,29H,2-9,15,18-22H2,1H3. The molecule has 1 aliphatic rings. The number of benzene rings is 2. The van der Waals surface area contributed by atoms with Gasteiger partial charge in [0.05, 0.1) is 6.10 Å². The lowest BCUT2D eigenvalue weighted by molar-refractivity contribution is 0.0997. The predicted molar refractivity (Wildman–Crippen MR) is 126 cm³/mol. The normalized spacial score (nSPS) is 16.4. The van der Waals surface area contributed by atoms with Crippen molar-refractivity contribution in [2.45, 2.75) is 70.8 Å². The number of piperazine rings is 1. The van der Waals surface area contributed by atoms with Crippen molar-refractivity contribution in [3.63, 3.8) is 0 Å². The van der Waals surface area contributed by atoms with E-state index in [-0.39, 0.29) is 6.10 Å². The summed E-state index contributed by atoms with van der Waals surface area (Å²) in [6, 6.07) is 15.3. The molecule has 0 aromatic heterocycles. The van der Waals surface area contributed by atoms with E-state index >= 15 is 0 Å². The summed E-state index contributed by atoms with van der Waals surface area (Å²) in [6.45, 7) is 7.26. The molecule has 1 fully saturated rings. The maximum Gasteiger partial charge on any atom is 0.0667 e. The second-order valence-corrected chi connectivity index (χ2v) is 8.70. The fourth-order valence-corrected chi connectivity index (χ4v) is 4.56. The average molecular weight is 397 g/mol. The van der Waals surface area contributed by atoms with Crippen LogP contribution >= 0.6 is 0 Å². The predicted octanol–water partition coefficient (Wildman–Crippen LogP) is 5.85. The van der Waals surface area contributed by atoms with Gasteiger partial charge in [-0.05, 0) is 17.9 Å². The Balaban J connectivity index is 1.33. The molecule has 0 bridgehead atoms. The highest BCUT2D eigenvalue weighted by Gasteiger charge is 2.20. The summed E-state index contributed by atoms with van der Waals surface area (Å²) in [6.07, 6.45) is 11.4. The van der Waals surface area contributed by atoms with Crippen molar-refractivity contribution in [1.29, 1.82) is 0 Å². The van der Waals surface area contributed by atoms with Crippen molar-refractivity contribution in [3.05, 3.63) is 42.5 Å². The molecule has 0 spiro atoms. The molecule has 0 radical (unpaired) electrons. The van der Waals surface area contributed by atoms with Crippen molar-refractivity contribution < 1.29 is 5.11 Å². The van der Waals surface area contributed by atoms with Gasteiger partial charge in [-0.3, -0.25) is 4.90 Å². The fraction of sp³-hybridized carbons (Fsp3) is 0.615. The first-order valence-electron chi connectivity index (χ1n) is 11.9. The summed E-state index contributed by atoms with van der Waals surface area (Å²) in [5.41, 5.74) is 1.35. The van der Waals surface area contributed by atoms with Gasteiger partial charge in [-0.2, -0.15) is 0 Å². The van der Waals surface area contributed by atoms with Crippen LogP contribution in [0.1, 0.15) is 64.7 Å². The molecule has 3 nitrogen and oxygen atoms in total. The highest BCUT2D eigenvalue weighted by molar-refractivity contribution is 5.94. The molecule has 2 aromatic carbocycles. The zero-order chi connectivity index (χ0) is 20.3. The molecule has 1 unspecified atom stereocenters.